The third-order valence-electron chi connectivity index (χ3n) is 5.17. The van der Waals surface area contributed by atoms with Crippen LogP contribution in [0.5, 0.6) is 0 Å². The summed E-state index contributed by atoms with van der Waals surface area (Å²) in [4.78, 5) is 4.40. The van der Waals surface area contributed by atoms with Crippen LogP contribution in [0.25, 0.3) is 0 Å². The minimum atomic E-state index is 0. The number of fused-ring (bicyclic) bond motifs is 2. The maximum Gasteiger partial charge on any atom is 0.191 e. The first-order valence-electron chi connectivity index (χ1n) is 8.85. The average molecular weight is 443 g/mol. The summed E-state index contributed by atoms with van der Waals surface area (Å²) < 4.78 is 5.92. The van der Waals surface area contributed by atoms with E-state index in [1.54, 1.807) is 0 Å². The van der Waals surface area contributed by atoms with Gasteiger partial charge in [0.2, 0.25) is 0 Å². The molecule has 4 atom stereocenters. The zero-order chi connectivity index (χ0) is 16.2. The number of nitrogens with zero attached hydrogens (tertiary/aromatic N) is 1. The van der Waals surface area contributed by atoms with Crippen LogP contribution in [-0.2, 0) is 4.74 Å². The first-order chi connectivity index (χ1) is 11.2. The van der Waals surface area contributed by atoms with Crippen molar-refractivity contribution in [3.63, 3.8) is 0 Å². The third kappa shape index (κ3) is 4.63. The summed E-state index contributed by atoms with van der Waals surface area (Å²) in [7, 11) is 1.84. The molecule has 5 heteroatoms. The van der Waals surface area contributed by atoms with Gasteiger partial charge in [0.25, 0.3) is 0 Å². The number of rotatable bonds is 5. The predicted molar refractivity (Wildman–Crippen MR) is 110 cm³/mol. The predicted octanol–water partition coefficient (Wildman–Crippen LogP) is 3.53. The molecule has 2 fully saturated rings. The minimum absolute atomic E-state index is 0. The van der Waals surface area contributed by atoms with Crippen LogP contribution in [-0.4, -0.2) is 37.8 Å². The summed E-state index contributed by atoms with van der Waals surface area (Å²) >= 11 is 0. The molecule has 4 unspecified atom stereocenters. The van der Waals surface area contributed by atoms with E-state index < -0.39 is 0 Å². The molecule has 2 bridgehead atoms. The SMILES string of the molecule is CN=C(NCC(c1ccccc1)C(C)C)NC1CC2CCC1O2.I. The van der Waals surface area contributed by atoms with Crippen LogP contribution in [0.3, 0.4) is 0 Å². The Labute approximate surface area is 162 Å². The van der Waals surface area contributed by atoms with Crippen molar-refractivity contribution in [3.05, 3.63) is 35.9 Å². The second kappa shape index (κ2) is 9.04. The fourth-order valence-electron chi connectivity index (χ4n) is 3.81. The monoisotopic (exact) mass is 443 g/mol. The van der Waals surface area contributed by atoms with Gasteiger partial charge in [-0.25, -0.2) is 0 Å². The molecular weight excluding hydrogens is 413 g/mol. The van der Waals surface area contributed by atoms with Gasteiger partial charge in [0.1, 0.15) is 0 Å². The van der Waals surface area contributed by atoms with E-state index in [1.165, 1.54) is 18.4 Å². The summed E-state index contributed by atoms with van der Waals surface area (Å²) in [6.45, 7) is 5.45. The standard InChI is InChI=1S/C19H29N3O.HI/c1-13(2)16(14-7-5-4-6-8-14)12-21-19(20-3)22-17-11-15-9-10-18(17)23-15;/h4-8,13,15-18H,9-12H2,1-3H3,(H2,20,21,22);1H. The summed E-state index contributed by atoms with van der Waals surface area (Å²) in [5, 5.41) is 7.08. The molecule has 0 saturated carbocycles. The molecule has 3 rings (SSSR count). The van der Waals surface area contributed by atoms with Crippen LogP contribution in [0, 0.1) is 5.92 Å². The summed E-state index contributed by atoms with van der Waals surface area (Å²) in [5.74, 6) is 1.95. The minimum Gasteiger partial charge on any atom is -0.373 e. The summed E-state index contributed by atoms with van der Waals surface area (Å²) in [6.07, 6.45) is 4.34. The normalized spacial score (nSPS) is 27.0. The molecule has 2 aliphatic heterocycles. The summed E-state index contributed by atoms with van der Waals surface area (Å²) in [5.41, 5.74) is 1.38. The number of aliphatic imine (C=N–C) groups is 1. The molecular formula is C19H30IN3O. The fraction of sp³-hybridized carbons (Fsp3) is 0.632. The van der Waals surface area contributed by atoms with Crippen molar-refractivity contribution in [1.82, 2.24) is 10.6 Å². The highest BCUT2D eigenvalue weighted by molar-refractivity contribution is 14.0. The molecule has 1 aromatic carbocycles. The van der Waals surface area contributed by atoms with Crippen molar-refractivity contribution in [1.29, 1.82) is 0 Å². The second-order valence-electron chi connectivity index (χ2n) is 7.07. The number of guanidine groups is 1. The van der Waals surface area contributed by atoms with Gasteiger partial charge in [-0.3, -0.25) is 4.99 Å². The van der Waals surface area contributed by atoms with Gasteiger partial charge in [-0.2, -0.15) is 0 Å². The van der Waals surface area contributed by atoms with Gasteiger partial charge in [0.05, 0.1) is 18.2 Å². The Morgan fingerprint density at radius 2 is 2.00 bits per heavy atom. The van der Waals surface area contributed by atoms with Crippen molar-refractivity contribution in [2.45, 2.75) is 57.3 Å². The Bertz CT molecular complexity index is 535. The molecule has 2 heterocycles. The number of benzene rings is 1. The molecule has 1 aromatic rings. The molecule has 0 spiro atoms. The van der Waals surface area contributed by atoms with Crippen molar-refractivity contribution in [2.24, 2.45) is 10.9 Å². The Morgan fingerprint density at radius 1 is 1.25 bits per heavy atom. The van der Waals surface area contributed by atoms with Gasteiger partial charge in [-0.1, -0.05) is 44.2 Å². The molecule has 4 nitrogen and oxygen atoms in total. The van der Waals surface area contributed by atoms with Crippen LogP contribution in [0.15, 0.2) is 35.3 Å². The van der Waals surface area contributed by atoms with Crippen molar-refractivity contribution in [2.75, 3.05) is 13.6 Å². The van der Waals surface area contributed by atoms with E-state index in [4.69, 9.17) is 4.74 Å². The maximum absolute atomic E-state index is 5.92. The third-order valence-corrected chi connectivity index (χ3v) is 5.17. The Kier molecular flexibility index (Phi) is 7.34. The molecule has 0 aliphatic carbocycles. The van der Waals surface area contributed by atoms with Crippen LogP contribution in [0.2, 0.25) is 0 Å². The van der Waals surface area contributed by atoms with E-state index in [9.17, 15) is 0 Å². The van der Waals surface area contributed by atoms with Crippen LogP contribution >= 0.6 is 24.0 Å². The van der Waals surface area contributed by atoms with E-state index >= 15 is 0 Å². The zero-order valence-corrected chi connectivity index (χ0v) is 17.2. The molecule has 2 N–H and O–H groups in total. The Balaban J connectivity index is 0.00000208. The lowest BCUT2D eigenvalue weighted by Gasteiger charge is -2.26. The number of hydrogen-bond acceptors (Lipinski definition) is 2. The highest BCUT2D eigenvalue weighted by Gasteiger charge is 2.41. The number of halogens is 1. The lowest BCUT2D eigenvalue weighted by Crippen LogP contribution is -2.48. The molecule has 0 aromatic heterocycles. The molecule has 24 heavy (non-hydrogen) atoms. The number of hydrogen-bond donors (Lipinski definition) is 2. The molecule has 134 valence electrons. The molecule has 0 amide bonds. The number of nitrogens with one attached hydrogen (secondary N) is 2. The molecule has 2 saturated heterocycles. The van der Waals surface area contributed by atoms with E-state index in [0.29, 0.717) is 30.1 Å². The van der Waals surface area contributed by atoms with Crippen molar-refractivity contribution in [3.8, 4) is 0 Å². The van der Waals surface area contributed by atoms with E-state index in [0.717, 1.165) is 18.9 Å². The maximum atomic E-state index is 5.92. The van der Waals surface area contributed by atoms with Crippen molar-refractivity contribution < 1.29 is 4.74 Å². The van der Waals surface area contributed by atoms with Gasteiger partial charge in [-0.15, -0.1) is 24.0 Å². The van der Waals surface area contributed by atoms with Crippen LogP contribution < -0.4 is 10.6 Å². The van der Waals surface area contributed by atoms with Gasteiger partial charge in [0.15, 0.2) is 5.96 Å². The molecule has 2 aliphatic rings. The topological polar surface area (TPSA) is 45.7 Å². The lowest BCUT2D eigenvalue weighted by atomic mass is 9.88. The van der Waals surface area contributed by atoms with Gasteiger partial charge >= 0.3 is 0 Å². The Morgan fingerprint density at radius 3 is 2.54 bits per heavy atom. The summed E-state index contributed by atoms with van der Waals surface area (Å²) in [6, 6.07) is 11.1. The van der Waals surface area contributed by atoms with Crippen LogP contribution in [0.1, 0.15) is 44.6 Å². The number of ether oxygens (including phenoxy) is 1. The van der Waals surface area contributed by atoms with E-state index in [1.807, 2.05) is 7.05 Å². The van der Waals surface area contributed by atoms with Gasteiger partial charge in [0, 0.05) is 19.5 Å². The quantitative estimate of drug-likeness (QED) is 0.416. The fourth-order valence-corrected chi connectivity index (χ4v) is 3.81. The van der Waals surface area contributed by atoms with E-state index in [2.05, 4.69) is 59.8 Å². The smallest absolute Gasteiger partial charge is 0.191 e. The van der Waals surface area contributed by atoms with Crippen molar-refractivity contribution >= 4 is 29.9 Å². The first-order valence-corrected chi connectivity index (χ1v) is 8.85. The van der Waals surface area contributed by atoms with Crippen LogP contribution in [0.4, 0.5) is 0 Å². The highest BCUT2D eigenvalue weighted by atomic mass is 127. The van der Waals surface area contributed by atoms with Gasteiger partial charge < -0.3 is 15.4 Å². The van der Waals surface area contributed by atoms with E-state index in [-0.39, 0.29) is 24.0 Å². The van der Waals surface area contributed by atoms with Gasteiger partial charge in [-0.05, 0) is 30.7 Å². The zero-order valence-electron chi connectivity index (χ0n) is 14.9. The molecule has 0 radical (unpaired) electrons. The largest absolute Gasteiger partial charge is 0.373 e. The first kappa shape index (κ1) is 19.5. The Hall–Kier alpha value is -0.820. The lowest BCUT2D eigenvalue weighted by molar-refractivity contribution is 0.0992. The average Bonchev–Trinajstić information content (AvgIpc) is 3.17. The second-order valence-corrected chi connectivity index (χ2v) is 7.07. The highest BCUT2D eigenvalue weighted by Crippen LogP contribution is 2.34.